The second-order valence-electron chi connectivity index (χ2n) is 2.11. The quantitative estimate of drug-likeness (QED) is 0.760. The van der Waals surface area contributed by atoms with Crippen LogP contribution in [0.1, 0.15) is 5.01 Å². The largest absolute Gasteiger partial charge is 0.239 e. The molecule has 0 radical (unpaired) electrons. The number of hydrogen-bond acceptors (Lipinski definition) is 5. The van der Waals surface area contributed by atoms with Crippen molar-refractivity contribution in [1.82, 2.24) is 15.2 Å². The lowest BCUT2D eigenvalue weighted by molar-refractivity contribution is 1.07. The Labute approximate surface area is 91.0 Å². The summed E-state index contributed by atoms with van der Waals surface area (Å²) in [6.45, 7) is 1.99. The number of halogens is 1. The van der Waals surface area contributed by atoms with Crippen LogP contribution in [0.4, 0.5) is 0 Å². The molecule has 0 bridgehead atoms. The lowest BCUT2D eigenvalue weighted by Crippen LogP contribution is -1.76. The predicted octanol–water partition coefficient (Wildman–Crippen LogP) is 2.57. The zero-order valence-electron chi connectivity index (χ0n) is 6.11. The van der Waals surface area contributed by atoms with Gasteiger partial charge >= 0.3 is 0 Å². The van der Waals surface area contributed by atoms with Gasteiger partial charge in [-0.2, -0.15) is 0 Å². The minimum absolute atomic E-state index is 0.906. The molecule has 6 heteroatoms. The molecule has 2 aromatic rings. The molecule has 2 aromatic heterocycles. The van der Waals surface area contributed by atoms with Gasteiger partial charge in [0.1, 0.15) is 5.69 Å². The Hall–Kier alpha value is -0.0800. The van der Waals surface area contributed by atoms with Crippen LogP contribution in [0, 0.1) is 9.94 Å². The van der Waals surface area contributed by atoms with E-state index >= 15 is 0 Å². The molecule has 12 heavy (non-hydrogen) atoms. The van der Waals surface area contributed by atoms with Crippen molar-refractivity contribution in [2.75, 3.05) is 0 Å². The summed E-state index contributed by atoms with van der Waals surface area (Å²) < 4.78 is 0.952. The molecular formula is C6H4IN3S2. The zero-order valence-corrected chi connectivity index (χ0v) is 9.90. The Morgan fingerprint density at radius 2 is 2.25 bits per heavy atom. The summed E-state index contributed by atoms with van der Waals surface area (Å²) in [6.07, 6.45) is 0. The van der Waals surface area contributed by atoms with Crippen LogP contribution in [0.25, 0.3) is 10.7 Å². The second-order valence-corrected chi connectivity index (χ2v) is 5.91. The summed E-state index contributed by atoms with van der Waals surface area (Å²) in [5, 5.41) is 11.9. The number of nitrogens with zero attached hydrogens (tertiary/aromatic N) is 3. The van der Waals surface area contributed by atoms with Crippen LogP contribution >= 0.6 is 45.3 Å². The summed E-state index contributed by atoms with van der Waals surface area (Å²) in [6, 6.07) is 0. The average molecular weight is 309 g/mol. The van der Waals surface area contributed by atoms with Gasteiger partial charge in [-0.05, 0) is 29.5 Å². The van der Waals surface area contributed by atoms with Crippen LogP contribution < -0.4 is 0 Å². The Balaban J connectivity index is 2.43. The first-order valence-electron chi connectivity index (χ1n) is 3.17. The molecule has 0 aliphatic carbocycles. The minimum atomic E-state index is 0.906. The number of aryl methyl sites for hydroxylation is 1. The predicted molar refractivity (Wildman–Crippen MR) is 58.5 cm³/mol. The second kappa shape index (κ2) is 3.35. The van der Waals surface area contributed by atoms with Gasteiger partial charge in [-0.25, -0.2) is 4.98 Å². The highest BCUT2D eigenvalue weighted by Gasteiger charge is 2.06. The van der Waals surface area contributed by atoms with Crippen molar-refractivity contribution < 1.29 is 0 Å². The van der Waals surface area contributed by atoms with Gasteiger partial charge < -0.3 is 0 Å². The topological polar surface area (TPSA) is 38.7 Å². The fourth-order valence-electron chi connectivity index (χ4n) is 0.770. The van der Waals surface area contributed by atoms with Crippen LogP contribution in [0.15, 0.2) is 5.38 Å². The Morgan fingerprint density at radius 3 is 2.75 bits per heavy atom. The molecule has 0 saturated carbocycles. The zero-order chi connectivity index (χ0) is 8.55. The summed E-state index contributed by atoms with van der Waals surface area (Å²) in [7, 11) is 0. The van der Waals surface area contributed by atoms with Gasteiger partial charge in [-0.3, -0.25) is 0 Å². The van der Waals surface area contributed by atoms with Gasteiger partial charge in [0.15, 0.2) is 8.02 Å². The van der Waals surface area contributed by atoms with Crippen molar-refractivity contribution in [3.63, 3.8) is 0 Å². The number of hydrogen-bond donors (Lipinski definition) is 0. The van der Waals surface area contributed by atoms with Gasteiger partial charge in [0.05, 0.1) is 5.01 Å². The summed E-state index contributed by atoms with van der Waals surface area (Å²) in [5.41, 5.74) is 0.943. The third-order valence-corrected chi connectivity index (χ3v) is 3.62. The highest BCUT2D eigenvalue weighted by molar-refractivity contribution is 14.1. The van der Waals surface area contributed by atoms with E-state index in [1.165, 1.54) is 0 Å². The molecule has 0 fully saturated rings. The fourth-order valence-corrected chi connectivity index (χ4v) is 2.71. The van der Waals surface area contributed by atoms with Crippen molar-refractivity contribution >= 4 is 45.3 Å². The third-order valence-electron chi connectivity index (χ3n) is 1.24. The van der Waals surface area contributed by atoms with Gasteiger partial charge in [-0.1, -0.05) is 11.3 Å². The van der Waals surface area contributed by atoms with E-state index in [0.29, 0.717) is 0 Å². The van der Waals surface area contributed by atoms with E-state index in [2.05, 4.69) is 37.8 Å². The van der Waals surface area contributed by atoms with Gasteiger partial charge in [0.2, 0.25) is 0 Å². The maximum atomic E-state index is 4.32. The van der Waals surface area contributed by atoms with Crippen LogP contribution in [-0.4, -0.2) is 15.2 Å². The van der Waals surface area contributed by atoms with E-state index in [4.69, 9.17) is 0 Å². The van der Waals surface area contributed by atoms with E-state index in [-0.39, 0.29) is 0 Å². The van der Waals surface area contributed by atoms with Crippen LogP contribution in [0.3, 0.4) is 0 Å². The van der Waals surface area contributed by atoms with Crippen LogP contribution in [0.2, 0.25) is 0 Å². The molecule has 0 spiro atoms. The van der Waals surface area contributed by atoms with Crippen molar-refractivity contribution in [1.29, 1.82) is 0 Å². The van der Waals surface area contributed by atoms with Crippen LogP contribution in [0.5, 0.6) is 0 Å². The molecule has 0 aliphatic heterocycles. The van der Waals surface area contributed by atoms with Gasteiger partial charge in [0, 0.05) is 5.38 Å². The number of thiazole rings is 1. The number of aromatic nitrogens is 3. The standard InChI is InChI=1S/C6H4IN3S2/c1-3-8-4(2-11-3)5-9-10-6(7)12-5/h2H,1H3. The molecule has 0 amide bonds. The number of rotatable bonds is 1. The molecule has 2 rings (SSSR count). The summed E-state index contributed by atoms with van der Waals surface area (Å²) >= 11 is 5.35. The molecule has 62 valence electrons. The lowest BCUT2D eigenvalue weighted by Gasteiger charge is -1.82. The first-order chi connectivity index (χ1) is 5.75. The van der Waals surface area contributed by atoms with E-state index in [0.717, 1.165) is 18.7 Å². The van der Waals surface area contributed by atoms with Crippen LogP contribution in [-0.2, 0) is 0 Å². The van der Waals surface area contributed by atoms with E-state index in [1.807, 2.05) is 12.3 Å². The molecule has 0 saturated heterocycles. The van der Waals surface area contributed by atoms with Crippen molar-refractivity contribution in [3.8, 4) is 10.7 Å². The molecule has 3 nitrogen and oxygen atoms in total. The van der Waals surface area contributed by atoms with Crippen molar-refractivity contribution in [2.45, 2.75) is 6.92 Å². The molecule has 0 N–H and O–H groups in total. The van der Waals surface area contributed by atoms with Gasteiger partial charge in [-0.15, -0.1) is 21.5 Å². The summed E-state index contributed by atoms with van der Waals surface area (Å²) in [4.78, 5) is 4.32. The monoisotopic (exact) mass is 309 g/mol. The Kier molecular flexibility index (Phi) is 2.37. The molecule has 0 aliphatic rings. The minimum Gasteiger partial charge on any atom is -0.239 e. The average Bonchev–Trinajstić information content (AvgIpc) is 2.58. The highest BCUT2D eigenvalue weighted by Crippen LogP contribution is 2.25. The molecule has 0 aromatic carbocycles. The molecule has 0 atom stereocenters. The first-order valence-corrected chi connectivity index (χ1v) is 5.95. The molecular weight excluding hydrogens is 305 g/mol. The third kappa shape index (κ3) is 1.64. The highest BCUT2D eigenvalue weighted by atomic mass is 127. The molecule has 0 unspecified atom stereocenters. The SMILES string of the molecule is Cc1nc(-c2nnc(I)s2)cs1. The first kappa shape index (κ1) is 8.52. The van der Waals surface area contributed by atoms with E-state index in [1.54, 1.807) is 22.7 Å². The van der Waals surface area contributed by atoms with E-state index < -0.39 is 0 Å². The summed E-state index contributed by atoms with van der Waals surface area (Å²) in [5.74, 6) is 0. The van der Waals surface area contributed by atoms with E-state index in [9.17, 15) is 0 Å². The molecule has 2 heterocycles. The Morgan fingerprint density at radius 1 is 1.42 bits per heavy atom. The smallest absolute Gasteiger partial charge is 0.178 e. The maximum Gasteiger partial charge on any atom is 0.178 e. The van der Waals surface area contributed by atoms with Crippen molar-refractivity contribution in [2.24, 2.45) is 0 Å². The maximum absolute atomic E-state index is 4.32. The fraction of sp³-hybridized carbons (Fsp3) is 0.167. The van der Waals surface area contributed by atoms with Gasteiger partial charge in [0.25, 0.3) is 0 Å². The lowest BCUT2D eigenvalue weighted by atomic mass is 10.5. The Bertz CT molecular complexity index is 357. The normalized spacial score (nSPS) is 10.5. The van der Waals surface area contributed by atoms with Crippen molar-refractivity contribution in [3.05, 3.63) is 13.4 Å².